The molecule has 0 spiro atoms. The van der Waals surface area contributed by atoms with Gasteiger partial charge in [0, 0.05) is 24.8 Å². The molecule has 0 fully saturated rings. The third kappa shape index (κ3) is 4.20. The maximum absolute atomic E-state index is 4.44. The number of hydrogen-bond donors (Lipinski definition) is 1. The van der Waals surface area contributed by atoms with Crippen LogP contribution in [0.3, 0.4) is 0 Å². The average Bonchev–Trinajstić information content (AvgIpc) is 2.55. The number of aromatic nitrogens is 2. The molecule has 0 saturated carbocycles. The predicted molar refractivity (Wildman–Crippen MR) is 93.9 cm³/mol. The molecule has 118 valence electrons. The van der Waals surface area contributed by atoms with Gasteiger partial charge in [-0.1, -0.05) is 39.0 Å². The highest BCUT2D eigenvalue weighted by molar-refractivity contribution is 5.62. The van der Waals surface area contributed by atoms with Gasteiger partial charge in [-0.25, -0.2) is 9.97 Å². The van der Waals surface area contributed by atoms with Crippen molar-refractivity contribution in [3.8, 4) is 0 Å². The number of nitrogens with one attached hydrogen (secondary N) is 1. The van der Waals surface area contributed by atoms with Crippen LogP contribution in [0, 0.1) is 0 Å². The number of para-hydroxylation sites is 1. The van der Waals surface area contributed by atoms with Crippen LogP contribution in [0.2, 0.25) is 0 Å². The lowest BCUT2D eigenvalue weighted by Gasteiger charge is -2.22. The fraction of sp³-hybridized carbons (Fsp3) is 0.444. The molecule has 0 amide bonds. The first kappa shape index (κ1) is 16.3. The Balaban J connectivity index is 2.20. The molecular formula is C18H26N4. The zero-order chi connectivity index (χ0) is 15.8. The first-order valence-corrected chi connectivity index (χ1v) is 8.20. The summed E-state index contributed by atoms with van der Waals surface area (Å²) in [5.41, 5.74) is 2.41. The summed E-state index contributed by atoms with van der Waals surface area (Å²) < 4.78 is 0. The van der Waals surface area contributed by atoms with Gasteiger partial charge < -0.3 is 10.2 Å². The molecule has 4 heteroatoms. The maximum Gasteiger partial charge on any atom is 0.135 e. The lowest BCUT2D eigenvalue weighted by atomic mass is 10.1. The van der Waals surface area contributed by atoms with Crippen LogP contribution in [0.15, 0.2) is 36.7 Å². The molecule has 1 aromatic heterocycles. The molecule has 22 heavy (non-hydrogen) atoms. The van der Waals surface area contributed by atoms with E-state index in [9.17, 15) is 0 Å². The van der Waals surface area contributed by atoms with Crippen LogP contribution in [-0.2, 0) is 6.42 Å². The molecule has 0 unspecified atom stereocenters. The van der Waals surface area contributed by atoms with Gasteiger partial charge in [-0.2, -0.15) is 0 Å². The number of benzene rings is 1. The highest BCUT2D eigenvalue weighted by Gasteiger charge is 2.08. The van der Waals surface area contributed by atoms with Gasteiger partial charge in [0.1, 0.15) is 18.0 Å². The minimum Gasteiger partial charge on any atom is -0.356 e. The van der Waals surface area contributed by atoms with Crippen molar-refractivity contribution in [1.82, 2.24) is 9.97 Å². The Kier molecular flexibility index (Phi) is 6.19. The van der Waals surface area contributed by atoms with E-state index in [1.807, 2.05) is 12.1 Å². The maximum atomic E-state index is 4.44. The van der Waals surface area contributed by atoms with E-state index in [-0.39, 0.29) is 0 Å². The molecule has 0 saturated heterocycles. The molecule has 2 rings (SSSR count). The van der Waals surface area contributed by atoms with Gasteiger partial charge in [-0.05, 0) is 30.9 Å². The van der Waals surface area contributed by atoms with Gasteiger partial charge >= 0.3 is 0 Å². The van der Waals surface area contributed by atoms with Crippen molar-refractivity contribution < 1.29 is 0 Å². The third-order valence-corrected chi connectivity index (χ3v) is 3.62. The van der Waals surface area contributed by atoms with Crippen LogP contribution in [0.4, 0.5) is 17.3 Å². The van der Waals surface area contributed by atoms with Crippen molar-refractivity contribution in [2.45, 2.75) is 40.0 Å². The topological polar surface area (TPSA) is 41.0 Å². The first-order valence-electron chi connectivity index (χ1n) is 8.20. The van der Waals surface area contributed by atoms with Gasteiger partial charge in [0.2, 0.25) is 0 Å². The first-order chi connectivity index (χ1) is 10.8. The van der Waals surface area contributed by atoms with Crippen LogP contribution in [0.25, 0.3) is 0 Å². The average molecular weight is 298 g/mol. The summed E-state index contributed by atoms with van der Waals surface area (Å²) in [7, 11) is 0. The number of rotatable bonds is 8. The predicted octanol–water partition coefficient (Wildman–Crippen LogP) is 4.41. The minimum absolute atomic E-state index is 0.850. The molecular weight excluding hydrogens is 272 g/mol. The SMILES string of the molecule is CCCN(CCC)c1cc(Nc2ccccc2CC)ncn1. The number of hydrogen-bond acceptors (Lipinski definition) is 4. The van der Waals surface area contributed by atoms with E-state index in [1.165, 1.54) is 5.56 Å². The standard InChI is InChI=1S/C18H26N4/c1-4-11-22(12-5-2)18-13-17(19-14-20-18)21-16-10-8-7-9-15(16)6-3/h7-10,13-14H,4-6,11-12H2,1-3H3,(H,19,20,21). The van der Waals surface area contributed by atoms with Crippen LogP contribution in [-0.4, -0.2) is 23.1 Å². The molecule has 0 aliphatic heterocycles. The van der Waals surface area contributed by atoms with Gasteiger partial charge in [0.15, 0.2) is 0 Å². The van der Waals surface area contributed by atoms with Crippen LogP contribution in [0.5, 0.6) is 0 Å². The van der Waals surface area contributed by atoms with Crippen molar-refractivity contribution in [3.05, 3.63) is 42.2 Å². The highest BCUT2D eigenvalue weighted by Crippen LogP contribution is 2.22. The molecule has 0 radical (unpaired) electrons. The van der Waals surface area contributed by atoms with E-state index >= 15 is 0 Å². The molecule has 1 aromatic carbocycles. The molecule has 0 bridgehead atoms. The molecule has 0 atom stereocenters. The van der Waals surface area contributed by atoms with Crippen molar-refractivity contribution in [2.24, 2.45) is 0 Å². The van der Waals surface area contributed by atoms with Crippen molar-refractivity contribution >= 4 is 17.3 Å². The minimum atomic E-state index is 0.850. The lowest BCUT2D eigenvalue weighted by Crippen LogP contribution is -2.25. The van der Waals surface area contributed by atoms with E-state index in [0.717, 1.165) is 49.7 Å². The number of nitrogens with zero attached hydrogens (tertiary/aromatic N) is 3. The molecule has 4 nitrogen and oxygen atoms in total. The van der Waals surface area contributed by atoms with Gasteiger partial charge in [0.25, 0.3) is 0 Å². The molecule has 0 aliphatic carbocycles. The van der Waals surface area contributed by atoms with Crippen LogP contribution in [0.1, 0.15) is 39.2 Å². The summed E-state index contributed by atoms with van der Waals surface area (Å²) in [4.78, 5) is 11.1. The van der Waals surface area contributed by atoms with Crippen molar-refractivity contribution in [3.63, 3.8) is 0 Å². The number of anilines is 3. The van der Waals surface area contributed by atoms with Crippen LogP contribution < -0.4 is 10.2 Å². The van der Waals surface area contributed by atoms with E-state index in [0.29, 0.717) is 0 Å². The van der Waals surface area contributed by atoms with E-state index in [2.05, 4.69) is 59.2 Å². The summed E-state index contributed by atoms with van der Waals surface area (Å²) in [6.45, 7) is 8.60. The van der Waals surface area contributed by atoms with Gasteiger partial charge in [0.05, 0.1) is 0 Å². The highest BCUT2D eigenvalue weighted by atomic mass is 15.2. The monoisotopic (exact) mass is 298 g/mol. The zero-order valence-electron chi connectivity index (χ0n) is 13.8. The lowest BCUT2D eigenvalue weighted by molar-refractivity contribution is 0.733. The Morgan fingerprint density at radius 2 is 1.73 bits per heavy atom. The van der Waals surface area contributed by atoms with E-state index in [4.69, 9.17) is 0 Å². The summed E-state index contributed by atoms with van der Waals surface area (Å²) in [6.07, 6.45) is 4.88. The van der Waals surface area contributed by atoms with Gasteiger partial charge in [-0.3, -0.25) is 0 Å². The Bertz CT molecular complexity index is 577. The second-order valence-electron chi connectivity index (χ2n) is 5.38. The zero-order valence-corrected chi connectivity index (χ0v) is 13.8. The molecule has 1 heterocycles. The Labute approximate surface area is 133 Å². The van der Waals surface area contributed by atoms with Crippen molar-refractivity contribution in [1.29, 1.82) is 0 Å². The van der Waals surface area contributed by atoms with E-state index < -0.39 is 0 Å². The van der Waals surface area contributed by atoms with Crippen molar-refractivity contribution in [2.75, 3.05) is 23.3 Å². The Morgan fingerprint density at radius 3 is 2.41 bits per heavy atom. The van der Waals surface area contributed by atoms with Crippen LogP contribution >= 0.6 is 0 Å². The normalized spacial score (nSPS) is 10.5. The molecule has 1 N–H and O–H groups in total. The summed E-state index contributed by atoms with van der Waals surface area (Å²) >= 11 is 0. The largest absolute Gasteiger partial charge is 0.356 e. The second-order valence-corrected chi connectivity index (χ2v) is 5.38. The van der Waals surface area contributed by atoms with Gasteiger partial charge in [-0.15, -0.1) is 0 Å². The Morgan fingerprint density at radius 1 is 1.00 bits per heavy atom. The second kappa shape index (κ2) is 8.37. The Hall–Kier alpha value is -2.10. The quantitative estimate of drug-likeness (QED) is 0.784. The molecule has 2 aromatic rings. The summed E-state index contributed by atoms with van der Waals surface area (Å²) in [5, 5.41) is 3.43. The smallest absolute Gasteiger partial charge is 0.135 e. The summed E-state index contributed by atoms with van der Waals surface area (Å²) in [5.74, 6) is 1.85. The fourth-order valence-corrected chi connectivity index (χ4v) is 2.56. The fourth-order valence-electron chi connectivity index (χ4n) is 2.56. The van der Waals surface area contributed by atoms with E-state index in [1.54, 1.807) is 6.33 Å². The third-order valence-electron chi connectivity index (χ3n) is 3.62. The molecule has 0 aliphatic rings. The summed E-state index contributed by atoms with van der Waals surface area (Å²) in [6, 6.07) is 10.4. The number of aryl methyl sites for hydroxylation is 1.